The maximum absolute atomic E-state index is 4.58. The first-order chi connectivity index (χ1) is 10.6. The molecule has 0 amide bonds. The molecule has 5 nitrogen and oxygen atoms in total. The summed E-state index contributed by atoms with van der Waals surface area (Å²) in [4.78, 5) is 11.0. The summed E-state index contributed by atoms with van der Waals surface area (Å²) < 4.78 is 0. The smallest absolute Gasteiger partial charge is 0.191 e. The summed E-state index contributed by atoms with van der Waals surface area (Å²) in [6.45, 7) is 3.02. The Kier molecular flexibility index (Phi) is 9.19. The third-order valence-electron chi connectivity index (χ3n) is 4.35. The van der Waals surface area contributed by atoms with Crippen molar-refractivity contribution < 1.29 is 0 Å². The topological polar surface area (TPSA) is 52.6 Å². The molecule has 0 saturated heterocycles. The van der Waals surface area contributed by atoms with Crippen LogP contribution in [0.1, 0.15) is 44.7 Å². The molecule has 132 valence electrons. The Morgan fingerprint density at radius 1 is 1.35 bits per heavy atom. The number of rotatable bonds is 5. The Morgan fingerprint density at radius 2 is 2.04 bits per heavy atom. The fourth-order valence-corrected chi connectivity index (χ4v) is 3.62. The van der Waals surface area contributed by atoms with E-state index in [9.17, 15) is 0 Å². The van der Waals surface area contributed by atoms with Crippen LogP contribution in [0.2, 0.25) is 0 Å². The Balaban J connectivity index is 0.00000264. The second kappa shape index (κ2) is 10.3. The van der Waals surface area contributed by atoms with Crippen LogP contribution in [0.4, 0.5) is 5.13 Å². The van der Waals surface area contributed by atoms with E-state index < -0.39 is 0 Å². The van der Waals surface area contributed by atoms with E-state index in [1.165, 1.54) is 32.1 Å². The molecule has 0 unspecified atom stereocenters. The first-order valence-electron chi connectivity index (χ1n) is 8.21. The quantitative estimate of drug-likeness (QED) is 0.409. The zero-order chi connectivity index (χ0) is 15.9. The predicted octanol–water partition coefficient (Wildman–Crippen LogP) is 3.46. The summed E-state index contributed by atoms with van der Waals surface area (Å²) in [7, 11) is 5.87. The third-order valence-corrected chi connectivity index (χ3v) is 5.40. The molecule has 7 heteroatoms. The molecule has 1 aliphatic carbocycles. The number of halogens is 1. The van der Waals surface area contributed by atoms with Crippen LogP contribution in [0.3, 0.4) is 0 Å². The first kappa shape index (κ1) is 20.5. The fourth-order valence-electron chi connectivity index (χ4n) is 2.86. The van der Waals surface area contributed by atoms with Crippen LogP contribution in [0.15, 0.2) is 10.4 Å². The zero-order valence-corrected chi connectivity index (χ0v) is 17.8. The van der Waals surface area contributed by atoms with Gasteiger partial charge in [-0.2, -0.15) is 0 Å². The zero-order valence-electron chi connectivity index (χ0n) is 14.6. The van der Waals surface area contributed by atoms with Gasteiger partial charge in [-0.05, 0) is 31.6 Å². The van der Waals surface area contributed by atoms with Gasteiger partial charge < -0.3 is 15.5 Å². The molecule has 0 atom stereocenters. The van der Waals surface area contributed by atoms with Gasteiger partial charge in [0.05, 0.1) is 12.2 Å². The second-order valence-electron chi connectivity index (χ2n) is 6.21. The molecule has 0 aromatic carbocycles. The fraction of sp³-hybridized carbons (Fsp3) is 0.750. The van der Waals surface area contributed by atoms with E-state index >= 15 is 0 Å². The van der Waals surface area contributed by atoms with Crippen LogP contribution in [0.5, 0.6) is 0 Å². The van der Waals surface area contributed by atoms with Crippen molar-refractivity contribution in [3.8, 4) is 0 Å². The summed E-state index contributed by atoms with van der Waals surface area (Å²) in [5.74, 6) is 1.81. The standard InChI is InChI=1S/C16H29N5S.HI/c1-5-12-6-8-13(9-7-12)19-15(17-2)18-10-14-11-22-16(20-14)21(3)4;/h11-13H,5-10H2,1-4H3,(H2,17,18,19);1H. The van der Waals surface area contributed by atoms with Gasteiger partial charge in [-0.3, -0.25) is 4.99 Å². The molecule has 1 aromatic rings. The van der Waals surface area contributed by atoms with Gasteiger partial charge in [0.2, 0.25) is 0 Å². The van der Waals surface area contributed by atoms with E-state index in [0.29, 0.717) is 12.6 Å². The van der Waals surface area contributed by atoms with Crippen LogP contribution >= 0.6 is 35.3 Å². The Morgan fingerprint density at radius 3 is 2.57 bits per heavy atom. The Hall–Kier alpha value is -0.570. The molecule has 1 aromatic heterocycles. The molecule has 0 spiro atoms. The number of anilines is 1. The number of aromatic nitrogens is 1. The Labute approximate surface area is 161 Å². The maximum Gasteiger partial charge on any atom is 0.191 e. The summed E-state index contributed by atoms with van der Waals surface area (Å²) >= 11 is 1.67. The lowest BCUT2D eigenvalue weighted by Crippen LogP contribution is -2.44. The number of aliphatic imine (C=N–C) groups is 1. The highest BCUT2D eigenvalue weighted by atomic mass is 127. The molecule has 0 radical (unpaired) electrons. The molecule has 0 bridgehead atoms. The monoisotopic (exact) mass is 451 g/mol. The van der Waals surface area contributed by atoms with E-state index in [-0.39, 0.29) is 24.0 Å². The van der Waals surface area contributed by atoms with Gasteiger partial charge >= 0.3 is 0 Å². The lowest BCUT2D eigenvalue weighted by Gasteiger charge is -2.29. The van der Waals surface area contributed by atoms with Gasteiger partial charge in [0.15, 0.2) is 11.1 Å². The molecular weight excluding hydrogens is 421 g/mol. The predicted molar refractivity (Wildman–Crippen MR) is 111 cm³/mol. The summed E-state index contributed by atoms with van der Waals surface area (Å²) in [6.07, 6.45) is 6.49. The van der Waals surface area contributed by atoms with Gasteiger partial charge in [-0.15, -0.1) is 35.3 Å². The van der Waals surface area contributed by atoms with Gasteiger partial charge in [-0.25, -0.2) is 4.98 Å². The van der Waals surface area contributed by atoms with Gasteiger partial charge in [0, 0.05) is 32.6 Å². The van der Waals surface area contributed by atoms with Crippen LogP contribution < -0.4 is 15.5 Å². The average molecular weight is 451 g/mol. The van der Waals surface area contributed by atoms with Crippen molar-refractivity contribution in [3.05, 3.63) is 11.1 Å². The van der Waals surface area contributed by atoms with Crippen LogP contribution in [-0.4, -0.2) is 38.1 Å². The van der Waals surface area contributed by atoms with E-state index in [2.05, 4.69) is 32.9 Å². The molecule has 23 heavy (non-hydrogen) atoms. The minimum Gasteiger partial charge on any atom is -0.354 e. The van der Waals surface area contributed by atoms with Gasteiger partial charge in [0.25, 0.3) is 0 Å². The summed E-state index contributed by atoms with van der Waals surface area (Å²) in [5.41, 5.74) is 1.06. The number of nitrogens with zero attached hydrogens (tertiary/aromatic N) is 3. The highest BCUT2D eigenvalue weighted by molar-refractivity contribution is 14.0. The van der Waals surface area contributed by atoms with Crippen molar-refractivity contribution in [1.29, 1.82) is 0 Å². The van der Waals surface area contributed by atoms with Crippen molar-refractivity contribution in [2.45, 2.75) is 51.6 Å². The number of hydrogen-bond acceptors (Lipinski definition) is 4. The van der Waals surface area contributed by atoms with Crippen molar-refractivity contribution >= 4 is 46.4 Å². The number of hydrogen-bond donors (Lipinski definition) is 2. The minimum atomic E-state index is 0. The summed E-state index contributed by atoms with van der Waals surface area (Å²) in [5, 5.41) is 10.1. The molecule has 2 N–H and O–H groups in total. The van der Waals surface area contributed by atoms with Gasteiger partial charge in [-0.1, -0.05) is 13.3 Å². The third kappa shape index (κ3) is 6.45. The highest BCUT2D eigenvalue weighted by Gasteiger charge is 2.20. The first-order valence-corrected chi connectivity index (χ1v) is 9.09. The van der Waals surface area contributed by atoms with E-state index in [1.54, 1.807) is 11.3 Å². The molecule has 1 saturated carbocycles. The van der Waals surface area contributed by atoms with Crippen LogP contribution in [0.25, 0.3) is 0 Å². The SMILES string of the molecule is CCC1CCC(NC(=NC)NCc2csc(N(C)C)n2)CC1.I. The molecule has 1 heterocycles. The van der Waals surface area contributed by atoms with Crippen LogP contribution in [-0.2, 0) is 6.54 Å². The average Bonchev–Trinajstić information content (AvgIpc) is 3.01. The number of nitrogens with one attached hydrogen (secondary N) is 2. The Bertz CT molecular complexity index is 481. The lowest BCUT2D eigenvalue weighted by molar-refractivity contribution is 0.304. The maximum atomic E-state index is 4.58. The van der Waals surface area contributed by atoms with E-state index in [0.717, 1.165) is 22.7 Å². The van der Waals surface area contributed by atoms with E-state index in [1.807, 2.05) is 26.0 Å². The summed E-state index contributed by atoms with van der Waals surface area (Å²) in [6, 6.07) is 0.557. The molecule has 2 rings (SSSR count). The largest absolute Gasteiger partial charge is 0.354 e. The molecule has 1 aliphatic rings. The van der Waals surface area contributed by atoms with Gasteiger partial charge in [0.1, 0.15) is 0 Å². The van der Waals surface area contributed by atoms with E-state index in [4.69, 9.17) is 0 Å². The number of guanidine groups is 1. The lowest BCUT2D eigenvalue weighted by atomic mass is 9.84. The minimum absolute atomic E-state index is 0. The van der Waals surface area contributed by atoms with Crippen molar-refractivity contribution in [2.24, 2.45) is 10.9 Å². The second-order valence-corrected chi connectivity index (χ2v) is 7.05. The number of thiazole rings is 1. The van der Waals surface area contributed by atoms with Crippen molar-refractivity contribution in [3.63, 3.8) is 0 Å². The van der Waals surface area contributed by atoms with Crippen molar-refractivity contribution in [1.82, 2.24) is 15.6 Å². The molecular formula is C16H30IN5S. The van der Waals surface area contributed by atoms with Crippen molar-refractivity contribution in [2.75, 3.05) is 26.0 Å². The molecule has 0 aliphatic heterocycles. The normalized spacial score (nSPS) is 21.5. The van der Waals surface area contributed by atoms with Crippen LogP contribution in [0, 0.1) is 5.92 Å². The highest BCUT2D eigenvalue weighted by Crippen LogP contribution is 2.26. The molecule has 1 fully saturated rings.